The monoisotopic (exact) mass is 233 g/mol. The molecule has 0 atom stereocenters. The smallest absolute Gasteiger partial charge is 0.143 e. The lowest BCUT2D eigenvalue weighted by atomic mass is 10.3. The van der Waals surface area contributed by atoms with E-state index in [0.717, 1.165) is 15.6 Å². The minimum absolute atomic E-state index is 0.122. The van der Waals surface area contributed by atoms with Crippen LogP contribution >= 0.6 is 35.6 Å². The van der Waals surface area contributed by atoms with Crippen molar-refractivity contribution < 1.29 is 4.39 Å². The number of hydrogen-bond acceptors (Lipinski definition) is 2. The van der Waals surface area contributed by atoms with Crippen molar-refractivity contribution in [1.82, 2.24) is 0 Å². The number of fused-ring (bicyclic) bond motifs is 1. The maximum atomic E-state index is 13.0. The Balaban J connectivity index is 2.49. The Kier molecular flexibility index (Phi) is 2.45. The molecule has 0 aliphatic carbocycles. The Morgan fingerprint density at radius 3 is 3.08 bits per heavy atom. The van der Waals surface area contributed by atoms with E-state index in [2.05, 4.69) is 5.32 Å². The lowest BCUT2D eigenvalue weighted by Crippen LogP contribution is -2.16. The van der Waals surface area contributed by atoms with Gasteiger partial charge >= 0.3 is 0 Å². The number of thiocarbonyl (C=S) groups is 1. The molecule has 0 amide bonds. The van der Waals surface area contributed by atoms with E-state index in [9.17, 15) is 4.39 Å². The second kappa shape index (κ2) is 3.44. The van der Waals surface area contributed by atoms with Crippen LogP contribution in [0.2, 0.25) is 5.02 Å². The fourth-order valence-electron chi connectivity index (χ4n) is 1.08. The number of benzene rings is 1. The summed E-state index contributed by atoms with van der Waals surface area (Å²) >= 11 is 12.1. The van der Waals surface area contributed by atoms with Gasteiger partial charge in [-0.25, -0.2) is 4.39 Å². The van der Waals surface area contributed by atoms with E-state index in [4.69, 9.17) is 23.8 Å². The molecule has 1 nitrogen and oxygen atoms in total. The highest BCUT2D eigenvalue weighted by Crippen LogP contribution is 2.35. The zero-order valence-electron chi connectivity index (χ0n) is 6.43. The third-order valence-electron chi connectivity index (χ3n) is 1.66. The van der Waals surface area contributed by atoms with Gasteiger partial charge in [0, 0.05) is 10.6 Å². The summed E-state index contributed by atoms with van der Waals surface area (Å²) in [6, 6.07) is 2.99. The molecule has 1 N–H and O–H groups in total. The van der Waals surface area contributed by atoms with E-state index < -0.39 is 0 Å². The Morgan fingerprint density at radius 1 is 1.54 bits per heavy atom. The van der Waals surface area contributed by atoms with E-state index in [1.54, 1.807) is 6.07 Å². The zero-order chi connectivity index (χ0) is 9.42. The van der Waals surface area contributed by atoms with Gasteiger partial charge in [-0.15, -0.1) is 11.8 Å². The van der Waals surface area contributed by atoms with Crippen molar-refractivity contribution in [2.75, 3.05) is 11.1 Å². The summed E-state index contributed by atoms with van der Waals surface area (Å²) in [6.07, 6.45) is 0. The van der Waals surface area contributed by atoms with Crippen molar-refractivity contribution in [3.8, 4) is 0 Å². The summed E-state index contributed by atoms with van der Waals surface area (Å²) < 4.78 is 13.0. The molecule has 1 aromatic rings. The number of anilines is 1. The van der Waals surface area contributed by atoms with Crippen LogP contribution in [0.4, 0.5) is 10.1 Å². The fourth-order valence-corrected chi connectivity index (χ4v) is 2.34. The number of nitrogens with one attached hydrogen (secondary N) is 1. The van der Waals surface area contributed by atoms with Crippen LogP contribution in [0, 0.1) is 5.82 Å². The maximum Gasteiger partial charge on any atom is 0.143 e. The van der Waals surface area contributed by atoms with Crippen LogP contribution in [-0.4, -0.2) is 10.7 Å². The summed E-state index contributed by atoms with van der Waals surface area (Å²) in [5.74, 6) is 0.311. The van der Waals surface area contributed by atoms with Gasteiger partial charge in [0.1, 0.15) is 5.82 Å². The molecule has 0 saturated carbocycles. The van der Waals surface area contributed by atoms with Gasteiger partial charge in [0.05, 0.1) is 15.7 Å². The molecular weight excluding hydrogens is 229 g/mol. The Bertz CT molecular complexity index is 381. The number of hydrogen-bond donors (Lipinski definition) is 1. The molecule has 1 aromatic carbocycles. The van der Waals surface area contributed by atoms with Gasteiger partial charge in [0.2, 0.25) is 0 Å². The van der Waals surface area contributed by atoms with Crippen LogP contribution in [0.5, 0.6) is 0 Å². The Hall–Kier alpha value is -0.320. The average Bonchev–Trinajstić information content (AvgIpc) is 2.08. The highest BCUT2D eigenvalue weighted by molar-refractivity contribution is 8.01. The normalized spacial score (nSPS) is 15.1. The average molecular weight is 234 g/mol. The van der Waals surface area contributed by atoms with Gasteiger partial charge < -0.3 is 5.32 Å². The van der Waals surface area contributed by atoms with Crippen LogP contribution in [0.3, 0.4) is 0 Å². The maximum absolute atomic E-state index is 13.0. The molecule has 0 saturated heterocycles. The quantitative estimate of drug-likeness (QED) is 0.691. The van der Waals surface area contributed by atoms with Crippen molar-refractivity contribution in [2.45, 2.75) is 4.90 Å². The minimum atomic E-state index is -0.387. The van der Waals surface area contributed by atoms with Gasteiger partial charge in [-0.1, -0.05) is 23.8 Å². The second-order valence-corrected chi connectivity index (χ2v) is 4.52. The fraction of sp³-hybridized carbons (Fsp3) is 0.125. The van der Waals surface area contributed by atoms with Crippen LogP contribution in [0.15, 0.2) is 17.0 Å². The van der Waals surface area contributed by atoms with Crippen molar-refractivity contribution in [1.29, 1.82) is 0 Å². The van der Waals surface area contributed by atoms with E-state index >= 15 is 0 Å². The Labute approximate surface area is 89.7 Å². The van der Waals surface area contributed by atoms with Gasteiger partial charge in [-0.2, -0.15) is 0 Å². The standard InChI is InChI=1S/C8H5ClFNS2/c9-4-1-6-7(2-5(4)10)13-3-8(12)11-6/h1-2H,3H2,(H,11,12). The first kappa shape index (κ1) is 9.24. The largest absolute Gasteiger partial charge is 0.348 e. The van der Waals surface area contributed by atoms with E-state index in [0.29, 0.717) is 5.75 Å². The second-order valence-electron chi connectivity index (χ2n) is 2.60. The number of thioether (sulfide) groups is 1. The van der Waals surface area contributed by atoms with Crippen LogP contribution < -0.4 is 5.32 Å². The highest BCUT2D eigenvalue weighted by atomic mass is 35.5. The predicted molar refractivity (Wildman–Crippen MR) is 58.4 cm³/mol. The minimum Gasteiger partial charge on any atom is -0.348 e. The van der Waals surface area contributed by atoms with Crippen molar-refractivity contribution >= 4 is 46.3 Å². The molecule has 0 unspecified atom stereocenters. The van der Waals surface area contributed by atoms with Crippen LogP contribution in [0.25, 0.3) is 0 Å². The molecule has 0 fully saturated rings. The first-order chi connectivity index (χ1) is 6.16. The summed E-state index contributed by atoms with van der Waals surface area (Å²) in [4.78, 5) is 1.61. The summed E-state index contributed by atoms with van der Waals surface area (Å²) in [6.45, 7) is 0. The first-order valence-electron chi connectivity index (χ1n) is 3.58. The predicted octanol–water partition coefficient (Wildman–Crippen LogP) is 3.32. The molecule has 0 aromatic heterocycles. The Morgan fingerprint density at radius 2 is 2.31 bits per heavy atom. The van der Waals surface area contributed by atoms with Crippen molar-refractivity contribution in [2.24, 2.45) is 0 Å². The summed E-state index contributed by atoms with van der Waals surface area (Å²) in [5, 5.41) is 3.11. The number of rotatable bonds is 0. The van der Waals surface area contributed by atoms with Crippen molar-refractivity contribution in [3.63, 3.8) is 0 Å². The molecule has 2 rings (SSSR count). The molecule has 13 heavy (non-hydrogen) atoms. The molecule has 0 bridgehead atoms. The summed E-state index contributed by atoms with van der Waals surface area (Å²) in [7, 11) is 0. The molecule has 68 valence electrons. The molecule has 0 spiro atoms. The SMILES string of the molecule is Fc1cc2c(cc1Cl)NC(=S)CS2. The van der Waals surface area contributed by atoms with Gasteiger partial charge in [0.25, 0.3) is 0 Å². The lowest BCUT2D eigenvalue weighted by molar-refractivity contribution is 0.625. The van der Waals surface area contributed by atoms with Crippen LogP contribution in [-0.2, 0) is 0 Å². The van der Waals surface area contributed by atoms with Crippen LogP contribution in [0.1, 0.15) is 0 Å². The van der Waals surface area contributed by atoms with E-state index in [1.165, 1.54) is 17.8 Å². The molecule has 1 heterocycles. The number of halogens is 2. The third-order valence-corrected chi connectivity index (χ3v) is 3.46. The first-order valence-corrected chi connectivity index (χ1v) is 5.35. The van der Waals surface area contributed by atoms with Gasteiger partial charge in [-0.05, 0) is 12.1 Å². The molecule has 5 heteroatoms. The molecular formula is C8H5ClFNS2. The summed E-state index contributed by atoms with van der Waals surface area (Å²) in [5.41, 5.74) is 0.799. The van der Waals surface area contributed by atoms with E-state index in [-0.39, 0.29) is 10.8 Å². The molecule has 0 radical (unpaired) electrons. The lowest BCUT2D eigenvalue weighted by Gasteiger charge is -2.18. The molecule has 1 aliphatic heterocycles. The zero-order valence-corrected chi connectivity index (χ0v) is 8.82. The topological polar surface area (TPSA) is 12.0 Å². The van der Waals surface area contributed by atoms with Gasteiger partial charge in [0.15, 0.2) is 0 Å². The highest BCUT2D eigenvalue weighted by Gasteiger charge is 2.15. The third kappa shape index (κ3) is 1.80. The van der Waals surface area contributed by atoms with E-state index in [1.807, 2.05) is 0 Å². The molecule has 1 aliphatic rings. The van der Waals surface area contributed by atoms with Gasteiger partial charge in [-0.3, -0.25) is 0 Å². The van der Waals surface area contributed by atoms with Crippen molar-refractivity contribution in [3.05, 3.63) is 23.0 Å².